The summed E-state index contributed by atoms with van der Waals surface area (Å²) in [6, 6.07) is 0.419. The lowest BCUT2D eigenvalue weighted by molar-refractivity contribution is -0.131. The summed E-state index contributed by atoms with van der Waals surface area (Å²) in [5.41, 5.74) is 0. The van der Waals surface area contributed by atoms with Crippen molar-refractivity contribution in [1.29, 1.82) is 0 Å². The van der Waals surface area contributed by atoms with Crippen LogP contribution in [0.3, 0.4) is 0 Å². The van der Waals surface area contributed by atoms with E-state index in [-0.39, 0.29) is 12.0 Å². The number of hydrogen-bond donors (Lipinski definition) is 0. The van der Waals surface area contributed by atoms with Gasteiger partial charge in [-0.15, -0.1) is 10.2 Å². The molecule has 2 saturated heterocycles. The van der Waals surface area contributed by atoms with Crippen LogP contribution in [0.25, 0.3) is 0 Å². The van der Waals surface area contributed by atoms with Gasteiger partial charge in [0.2, 0.25) is 11.9 Å². The quantitative estimate of drug-likeness (QED) is 0.560. The molecule has 1 unspecified atom stereocenters. The number of amides is 1. The predicted octanol–water partition coefficient (Wildman–Crippen LogP) is 3.97. The third-order valence-corrected chi connectivity index (χ3v) is 8.13. The van der Waals surface area contributed by atoms with Crippen LogP contribution >= 0.6 is 11.8 Å². The van der Waals surface area contributed by atoms with Crippen molar-refractivity contribution < 1.29 is 9.53 Å². The van der Waals surface area contributed by atoms with Crippen molar-refractivity contribution in [3.8, 4) is 0 Å². The second-order valence-electron chi connectivity index (χ2n) is 9.46. The highest BCUT2D eigenvalue weighted by molar-refractivity contribution is 7.99. The number of carbonyl (C=O) groups is 1. The highest BCUT2D eigenvalue weighted by atomic mass is 32.2. The smallest absolute Gasteiger partial charge is 0.233 e. The molecule has 0 spiro atoms. The topological polar surface area (TPSA) is 63.5 Å². The molecule has 1 aromatic heterocycles. The third-order valence-electron chi connectivity index (χ3n) is 7.18. The summed E-state index contributed by atoms with van der Waals surface area (Å²) in [6.07, 6.45) is 10.9. The highest BCUT2D eigenvalue weighted by Gasteiger charge is 2.28. The number of ether oxygens (including phenoxy) is 1. The van der Waals surface area contributed by atoms with Crippen molar-refractivity contribution >= 4 is 23.6 Å². The summed E-state index contributed by atoms with van der Waals surface area (Å²) in [4.78, 5) is 17.5. The minimum Gasteiger partial charge on any atom is -0.376 e. The molecule has 174 valence electrons. The Morgan fingerprint density at radius 3 is 2.55 bits per heavy atom. The summed E-state index contributed by atoms with van der Waals surface area (Å²) in [6.45, 7) is 8.91. The lowest BCUT2D eigenvalue weighted by atomic mass is 9.94. The number of rotatable bonds is 8. The van der Waals surface area contributed by atoms with Gasteiger partial charge in [0.1, 0.15) is 0 Å². The van der Waals surface area contributed by atoms with Gasteiger partial charge in [0.05, 0.1) is 18.4 Å². The summed E-state index contributed by atoms with van der Waals surface area (Å²) < 4.78 is 8.14. The van der Waals surface area contributed by atoms with Crippen molar-refractivity contribution in [1.82, 2.24) is 19.7 Å². The van der Waals surface area contributed by atoms with Crippen molar-refractivity contribution in [3.63, 3.8) is 0 Å². The first-order valence-corrected chi connectivity index (χ1v) is 13.4. The molecule has 3 heterocycles. The van der Waals surface area contributed by atoms with Crippen LogP contribution in [0, 0.1) is 5.92 Å². The normalized spacial score (nSPS) is 23.4. The Kier molecular flexibility index (Phi) is 8.15. The van der Waals surface area contributed by atoms with E-state index >= 15 is 0 Å². The Morgan fingerprint density at radius 2 is 1.87 bits per heavy atom. The van der Waals surface area contributed by atoms with Crippen LogP contribution in [0.15, 0.2) is 5.16 Å². The Morgan fingerprint density at radius 1 is 1.10 bits per heavy atom. The standard InChI is InChI=1S/C23H39N5O2S/c1-3-27(19-8-5-4-6-9-19)21(29)17-31-23-25-24-22(26-13-11-18(2)12-14-26)28(23)16-20-10-7-15-30-20/h18-20H,3-17H2,1-2H3. The second kappa shape index (κ2) is 11.0. The first-order valence-electron chi connectivity index (χ1n) is 12.4. The van der Waals surface area contributed by atoms with E-state index in [2.05, 4.69) is 38.4 Å². The first kappa shape index (κ1) is 22.9. The van der Waals surface area contributed by atoms with Crippen molar-refractivity contribution in [3.05, 3.63) is 0 Å². The first-order chi connectivity index (χ1) is 15.2. The monoisotopic (exact) mass is 449 g/mol. The van der Waals surface area contributed by atoms with Crippen LogP contribution < -0.4 is 4.90 Å². The molecule has 4 rings (SSSR count). The molecular weight excluding hydrogens is 410 g/mol. The van der Waals surface area contributed by atoms with Crippen LogP contribution in [0.4, 0.5) is 5.95 Å². The predicted molar refractivity (Wildman–Crippen MR) is 125 cm³/mol. The summed E-state index contributed by atoms with van der Waals surface area (Å²) in [7, 11) is 0. The zero-order chi connectivity index (χ0) is 21.6. The number of thioether (sulfide) groups is 1. The Bertz CT molecular complexity index is 707. The van der Waals surface area contributed by atoms with Crippen molar-refractivity contribution in [2.24, 2.45) is 5.92 Å². The fourth-order valence-electron chi connectivity index (χ4n) is 5.22. The number of piperidine rings is 1. The molecule has 7 nitrogen and oxygen atoms in total. The zero-order valence-electron chi connectivity index (χ0n) is 19.3. The van der Waals surface area contributed by atoms with Gasteiger partial charge >= 0.3 is 0 Å². The fraction of sp³-hybridized carbons (Fsp3) is 0.870. The molecule has 31 heavy (non-hydrogen) atoms. The molecule has 0 aromatic carbocycles. The van der Waals surface area contributed by atoms with E-state index in [9.17, 15) is 4.79 Å². The molecule has 0 radical (unpaired) electrons. The lowest BCUT2D eigenvalue weighted by Gasteiger charge is -2.33. The van der Waals surface area contributed by atoms with Gasteiger partial charge in [-0.25, -0.2) is 0 Å². The molecule has 1 aliphatic carbocycles. The number of nitrogens with zero attached hydrogens (tertiary/aromatic N) is 5. The van der Waals surface area contributed by atoms with E-state index in [4.69, 9.17) is 4.74 Å². The largest absolute Gasteiger partial charge is 0.376 e. The van der Waals surface area contributed by atoms with Gasteiger partial charge in [0.25, 0.3) is 0 Å². The summed E-state index contributed by atoms with van der Waals surface area (Å²) in [5.74, 6) is 2.40. The minimum atomic E-state index is 0.225. The average Bonchev–Trinajstić information content (AvgIpc) is 3.45. The lowest BCUT2D eigenvalue weighted by Crippen LogP contribution is -2.42. The van der Waals surface area contributed by atoms with E-state index in [0.717, 1.165) is 75.5 Å². The Balaban J connectivity index is 1.44. The number of anilines is 1. The molecule has 1 aromatic rings. The fourth-order valence-corrected chi connectivity index (χ4v) is 6.05. The Labute approximate surface area is 191 Å². The molecule has 1 atom stereocenters. The Hall–Kier alpha value is -1.28. The summed E-state index contributed by atoms with van der Waals surface area (Å²) >= 11 is 1.55. The molecule has 1 saturated carbocycles. The molecule has 1 amide bonds. The SMILES string of the molecule is CCN(C(=O)CSc1nnc(N2CCC(C)CC2)n1CC1CCCO1)C1CCCCC1. The molecule has 2 aliphatic heterocycles. The second-order valence-corrected chi connectivity index (χ2v) is 10.4. The van der Waals surface area contributed by atoms with E-state index in [1.807, 2.05) is 0 Å². The van der Waals surface area contributed by atoms with Gasteiger partial charge in [-0.05, 0) is 51.4 Å². The molecule has 3 aliphatic rings. The van der Waals surface area contributed by atoms with Crippen LogP contribution in [-0.2, 0) is 16.1 Å². The van der Waals surface area contributed by atoms with Gasteiger partial charge in [-0.3, -0.25) is 9.36 Å². The van der Waals surface area contributed by atoms with E-state index in [0.29, 0.717) is 11.8 Å². The van der Waals surface area contributed by atoms with Crippen molar-refractivity contribution in [2.75, 3.05) is 36.9 Å². The maximum Gasteiger partial charge on any atom is 0.233 e. The van der Waals surface area contributed by atoms with Crippen molar-refractivity contribution in [2.45, 2.75) is 95.5 Å². The van der Waals surface area contributed by atoms with Crippen LogP contribution in [0.5, 0.6) is 0 Å². The maximum atomic E-state index is 13.1. The maximum absolute atomic E-state index is 13.1. The summed E-state index contributed by atoms with van der Waals surface area (Å²) in [5, 5.41) is 9.97. The van der Waals surface area contributed by atoms with Gasteiger partial charge < -0.3 is 14.5 Å². The average molecular weight is 450 g/mol. The third kappa shape index (κ3) is 5.75. The molecule has 3 fully saturated rings. The van der Waals surface area contributed by atoms with Gasteiger partial charge in [-0.2, -0.15) is 0 Å². The van der Waals surface area contributed by atoms with Crippen LogP contribution in [0.1, 0.15) is 71.6 Å². The number of hydrogen-bond acceptors (Lipinski definition) is 6. The van der Waals surface area contributed by atoms with E-state index in [1.54, 1.807) is 11.8 Å². The number of carbonyl (C=O) groups excluding carboxylic acids is 1. The zero-order valence-corrected chi connectivity index (χ0v) is 20.1. The molecule has 0 N–H and O–H groups in total. The van der Waals surface area contributed by atoms with Crippen LogP contribution in [0.2, 0.25) is 0 Å². The number of aromatic nitrogens is 3. The highest BCUT2D eigenvalue weighted by Crippen LogP contribution is 2.29. The van der Waals surface area contributed by atoms with E-state index in [1.165, 1.54) is 32.1 Å². The minimum absolute atomic E-state index is 0.225. The van der Waals surface area contributed by atoms with Gasteiger partial charge in [-0.1, -0.05) is 37.9 Å². The van der Waals surface area contributed by atoms with Gasteiger partial charge in [0, 0.05) is 32.3 Å². The molecule has 8 heteroatoms. The van der Waals surface area contributed by atoms with Crippen LogP contribution in [-0.4, -0.2) is 69.7 Å². The molecular formula is C23H39N5O2S. The molecule has 0 bridgehead atoms. The van der Waals surface area contributed by atoms with E-state index < -0.39 is 0 Å². The van der Waals surface area contributed by atoms with Gasteiger partial charge in [0.15, 0.2) is 5.16 Å².